The second kappa shape index (κ2) is 6.61. The van der Waals surface area contributed by atoms with Gasteiger partial charge in [0.1, 0.15) is 11.7 Å². The molecule has 5 nitrogen and oxygen atoms in total. The van der Waals surface area contributed by atoms with Crippen LogP contribution in [0.15, 0.2) is 51.7 Å². The van der Waals surface area contributed by atoms with Crippen molar-refractivity contribution in [2.45, 2.75) is 20.0 Å². The molecular formula is C19H14ClO5-. The first-order chi connectivity index (χ1) is 11.9. The Labute approximate surface area is 148 Å². The summed E-state index contributed by atoms with van der Waals surface area (Å²) in [6, 6.07) is 12.0. The predicted molar refractivity (Wildman–Crippen MR) is 92.8 cm³/mol. The molecule has 0 N–H and O–H groups in total. The summed E-state index contributed by atoms with van der Waals surface area (Å²) in [7, 11) is 0. The minimum Gasteiger partial charge on any atom is -0.546 e. The molecule has 0 aliphatic rings. The van der Waals surface area contributed by atoms with Gasteiger partial charge in [0, 0.05) is 10.6 Å². The molecule has 0 saturated carbocycles. The van der Waals surface area contributed by atoms with Crippen LogP contribution in [0, 0.1) is 6.92 Å². The number of rotatable bonds is 4. The quantitative estimate of drug-likeness (QED) is 0.717. The molecule has 0 bridgehead atoms. The van der Waals surface area contributed by atoms with Gasteiger partial charge in [0.2, 0.25) is 11.2 Å². The van der Waals surface area contributed by atoms with Gasteiger partial charge in [0.15, 0.2) is 5.76 Å². The maximum absolute atomic E-state index is 12.9. The first-order valence-electron chi connectivity index (χ1n) is 7.58. The molecule has 0 fully saturated rings. The average molecular weight is 358 g/mol. The summed E-state index contributed by atoms with van der Waals surface area (Å²) in [6.07, 6.45) is -1.32. The van der Waals surface area contributed by atoms with Gasteiger partial charge in [-0.05, 0) is 31.5 Å². The van der Waals surface area contributed by atoms with Crippen LogP contribution in [0.1, 0.15) is 12.5 Å². The minimum absolute atomic E-state index is 0.160. The number of aryl methyl sites for hydroxylation is 1. The van der Waals surface area contributed by atoms with Gasteiger partial charge in [-0.3, -0.25) is 4.79 Å². The van der Waals surface area contributed by atoms with Gasteiger partial charge < -0.3 is 19.1 Å². The molecule has 2 aromatic carbocycles. The largest absolute Gasteiger partial charge is 0.546 e. The van der Waals surface area contributed by atoms with Crippen LogP contribution >= 0.6 is 11.6 Å². The number of halogens is 1. The molecule has 128 valence electrons. The van der Waals surface area contributed by atoms with E-state index in [1.54, 1.807) is 37.3 Å². The zero-order valence-corrected chi connectivity index (χ0v) is 14.3. The number of fused-ring (bicyclic) bond motifs is 1. The van der Waals surface area contributed by atoms with Gasteiger partial charge in [-0.1, -0.05) is 41.9 Å². The first-order valence-corrected chi connectivity index (χ1v) is 7.96. The van der Waals surface area contributed by atoms with E-state index < -0.39 is 17.5 Å². The Kier molecular flexibility index (Phi) is 4.51. The van der Waals surface area contributed by atoms with Gasteiger partial charge in [0.25, 0.3) is 0 Å². The molecule has 3 aromatic rings. The molecular weight excluding hydrogens is 344 g/mol. The van der Waals surface area contributed by atoms with Crippen molar-refractivity contribution in [1.29, 1.82) is 0 Å². The van der Waals surface area contributed by atoms with Crippen molar-refractivity contribution >= 4 is 28.5 Å². The highest BCUT2D eigenvalue weighted by Crippen LogP contribution is 2.33. The van der Waals surface area contributed by atoms with E-state index in [9.17, 15) is 14.7 Å². The average Bonchev–Trinajstić information content (AvgIpc) is 2.59. The maximum atomic E-state index is 12.9. The number of hydrogen-bond acceptors (Lipinski definition) is 5. The number of aliphatic carboxylic acids is 1. The SMILES string of the molecule is Cc1cc2oc(-c3ccccc3)c(O[C@@H](C)C(=O)[O-])c(=O)c2cc1Cl. The Balaban J connectivity index is 2.32. The van der Waals surface area contributed by atoms with E-state index in [1.807, 2.05) is 6.07 Å². The lowest BCUT2D eigenvalue weighted by Crippen LogP contribution is -2.38. The van der Waals surface area contributed by atoms with E-state index in [0.29, 0.717) is 16.2 Å². The third kappa shape index (κ3) is 3.23. The van der Waals surface area contributed by atoms with Crippen LogP contribution in [0.4, 0.5) is 0 Å². The van der Waals surface area contributed by atoms with Crippen molar-refractivity contribution in [3.05, 3.63) is 63.3 Å². The maximum Gasteiger partial charge on any atom is 0.235 e. The molecule has 0 aliphatic carbocycles. The first kappa shape index (κ1) is 17.0. The lowest BCUT2D eigenvalue weighted by molar-refractivity contribution is -0.312. The predicted octanol–water partition coefficient (Wildman–Crippen LogP) is 2.94. The number of carboxylic acids is 1. The zero-order valence-electron chi connectivity index (χ0n) is 13.5. The van der Waals surface area contributed by atoms with E-state index in [-0.39, 0.29) is 16.9 Å². The smallest absolute Gasteiger partial charge is 0.235 e. The highest BCUT2D eigenvalue weighted by atomic mass is 35.5. The lowest BCUT2D eigenvalue weighted by Gasteiger charge is -2.17. The summed E-state index contributed by atoms with van der Waals surface area (Å²) in [5.74, 6) is -1.45. The van der Waals surface area contributed by atoms with Crippen molar-refractivity contribution in [2.24, 2.45) is 0 Å². The Morgan fingerprint density at radius 3 is 2.56 bits per heavy atom. The molecule has 6 heteroatoms. The number of carbonyl (C=O) groups excluding carboxylic acids is 1. The molecule has 0 radical (unpaired) electrons. The summed E-state index contributed by atoms with van der Waals surface area (Å²) in [4.78, 5) is 23.9. The molecule has 0 amide bonds. The van der Waals surface area contributed by atoms with E-state index in [4.69, 9.17) is 20.8 Å². The molecule has 0 aliphatic heterocycles. The summed E-state index contributed by atoms with van der Waals surface area (Å²) < 4.78 is 11.2. The Morgan fingerprint density at radius 2 is 1.92 bits per heavy atom. The summed E-state index contributed by atoms with van der Waals surface area (Å²) >= 11 is 6.10. The van der Waals surface area contributed by atoms with E-state index in [2.05, 4.69) is 0 Å². The van der Waals surface area contributed by atoms with Crippen LogP contribution in [-0.2, 0) is 4.79 Å². The van der Waals surface area contributed by atoms with E-state index in [0.717, 1.165) is 5.56 Å². The van der Waals surface area contributed by atoms with E-state index >= 15 is 0 Å². The van der Waals surface area contributed by atoms with Crippen molar-refractivity contribution < 1.29 is 19.1 Å². The van der Waals surface area contributed by atoms with Crippen LogP contribution < -0.4 is 15.3 Å². The third-order valence-corrected chi connectivity index (χ3v) is 4.20. The van der Waals surface area contributed by atoms with Crippen LogP contribution in [0.3, 0.4) is 0 Å². The zero-order chi connectivity index (χ0) is 18.1. The standard InChI is InChI=1S/C19H15ClO5/c1-10-8-15-13(9-14(10)20)16(21)18(24-11(2)19(22)23)17(25-15)12-6-4-3-5-7-12/h3-9,11H,1-2H3,(H,22,23)/p-1/t11-/m0/s1. The summed E-state index contributed by atoms with van der Waals surface area (Å²) in [5, 5.41) is 11.7. The molecule has 1 heterocycles. The topological polar surface area (TPSA) is 79.6 Å². The molecule has 1 atom stereocenters. The van der Waals surface area contributed by atoms with Crippen molar-refractivity contribution in [3.8, 4) is 17.1 Å². The molecule has 1 aromatic heterocycles. The van der Waals surface area contributed by atoms with Gasteiger partial charge >= 0.3 is 0 Å². The van der Waals surface area contributed by atoms with Crippen molar-refractivity contribution in [1.82, 2.24) is 0 Å². The minimum atomic E-state index is -1.43. The number of hydrogen-bond donors (Lipinski definition) is 0. The summed E-state index contributed by atoms with van der Waals surface area (Å²) in [5.41, 5.74) is 1.21. The number of carboxylic acid groups (broad SMARTS) is 1. The van der Waals surface area contributed by atoms with Crippen LogP contribution in [0.2, 0.25) is 5.02 Å². The molecule has 25 heavy (non-hydrogen) atoms. The van der Waals surface area contributed by atoms with Crippen molar-refractivity contribution in [2.75, 3.05) is 0 Å². The second-order valence-corrected chi connectivity index (χ2v) is 6.04. The Morgan fingerprint density at radius 1 is 1.24 bits per heavy atom. The van der Waals surface area contributed by atoms with Gasteiger partial charge in [-0.15, -0.1) is 0 Å². The molecule has 0 unspecified atom stereocenters. The van der Waals surface area contributed by atoms with Gasteiger partial charge in [-0.25, -0.2) is 0 Å². The fourth-order valence-electron chi connectivity index (χ4n) is 2.41. The Hall–Kier alpha value is -2.79. The number of benzene rings is 2. The van der Waals surface area contributed by atoms with Crippen molar-refractivity contribution in [3.63, 3.8) is 0 Å². The van der Waals surface area contributed by atoms with Crippen LogP contribution in [-0.4, -0.2) is 12.1 Å². The number of carbonyl (C=O) groups is 1. The number of ether oxygens (including phenoxy) is 1. The van der Waals surface area contributed by atoms with Gasteiger partial charge in [0.05, 0.1) is 11.4 Å². The highest BCUT2D eigenvalue weighted by molar-refractivity contribution is 6.32. The summed E-state index contributed by atoms with van der Waals surface area (Å²) in [6.45, 7) is 3.09. The molecule has 0 saturated heterocycles. The van der Waals surface area contributed by atoms with Crippen LogP contribution in [0.25, 0.3) is 22.3 Å². The Bertz CT molecular complexity index is 1010. The highest BCUT2D eigenvalue weighted by Gasteiger charge is 2.20. The monoisotopic (exact) mass is 357 g/mol. The lowest BCUT2D eigenvalue weighted by atomic mass is 10.1. The fourth-order valence-corrected chi connectivity index (χ4v) is 2.57. The third-order valence-electron chi connectivity index (χ3n) is 3.79. The molecule has 3 rings (SSSR count). The second-order valence-electron chi connectivity index (χ2n) is 5.63. The fraction of sp³-hybridized carbons (Fsp3) is 0.158. The van der Waals surface area contributed by atoms with Gasteiger partial charge in [-0.2, -0.15) is 0 Å². The molecule has 0 spiro atoms. The van der Waals surface area contributed by atoms with Crippen LogP contribution in [0.5, 0.6) is 5.75 Å². The normalized spacial score (nSPS) is 12.1. The van der Waals surface area contributed by atoms with E-state index in [1.165, 1.54) is 13.0 Å².